The van der Waals surface area contributed by atoms with Crippen molar-refractivity contribution in [1.82, 2.24) is 0 Å². The van der Waals surface area contributed by atoms with Crippen molar-refractivity contribution < 1.29 is 19.2 Å². The van der Waals surface area contributed by atoms with Gasteiger partial charge in [-0.1, -0.05) is 24.3 Å². The summed E-state index contributed by atoms with van der Waals surface area (Å²) < 4.78 is 10.8. The van der Waals surface area contributed by atoms with Crippen molar-refractivity contribution >= 4 is 22.4 Å². The van der Waals surface area contributed by atoms with Crippen LogP contribution in [-0.2, 0) is 6.54 Å². The van der Waals surface area contributed by atoms with Crippen LogP contribution in [0, 0.1) is 0 Å². The highest BCUT2D eigenvalue weighted by Crippen LogP contribution is 2.36. The third kappa shape index (κ3) is 3.00. The second kappa shape index (κ2) is 6.93. The van der Waals surface area contributed by atoms with Gasteiger partial charge in [-0.3, -0.25) is 9.69 Å². The minimum Gasteiger partial charge on any atom is -0.497 e. The van der Waals surface area contributed by atoms with Crippen molar-refractivity contribution in [2.24, 2.45) is 0 Å². The first-order valence-corrected chi connectivity index (χ1v) is 8.98. The molecule has 27 heavy (non-hydrogen) atoms. The molecule has 1 N–H and O–H groups in total. The van der Waals surface area contributed by atoms with Gasteiger partial charge in [0.25, 0.3) is 5.91 Å². The summed E-state index contributed by atoms with van der Waals surface area (Å²) in [5, 5.41) is 2.16. The number of carbonyl (C=O) groups excluding carboxylic acids is 1. The Morgan fingerprint density at radius 2 is 1.78 bits per heavy atom. The summed E-state index contributed by atoms with van der Waals surface area (Å²) >= 11 is 0. The number of anilines is 1. The summed E-state index contributed by atoms with van der Waals surface area (Å²) in [6.07, 6.45) is 0. The molecule has 0 saturated heterocycles. The van der Waals surface area contributed by atoms with Gasteiger partial charge in [-0.2, -0.15) is 0 Å². The second-order valence-electron chi connectivity index (χ2n) is 6.88. The first-order valence-electron chi connectivity index (χ1n) is 8.98. The Morgan fingerprint density at radius 3 is 2.52 bits per heavy atom. The van der Waals surface area contributed by atoms with E-state index in [2.05, 4.69) is 19.2 Å². The Balaban J connectivity index is 1.57. The van der Waals surface area contributed by atoms with Gasteiger partial charge < -0.3 is 14.4 Å². The van der Waals surface area contributed by atoms with E-state index in [-0.39, 0.29) is 5.91 Å². The molecular formula is C22H23N2O3+. The molecule has 0 aromatic heterocycles. The van der Waals surface area contributed by atoms with Crippen LogP contribution in [0.5, 0.6) is 11.5 Å². The highest BCUT2D eigenvalue weighted by molar-refractivity contribution is 6.24. The molecule has 0 bridgehead atoms. The first kappa shape index (κ1) is 17.4. The van der Waals surface area contributed by atoms with Crippen molar-refractivity contribution in [3.8, 4) is 11.5 Å². The summed E-state index contributed by atoms with van der Waals surface area (Å²) in [6.45, 7) is 1.32. The van der Waals surface area contributed by atoms with Crippen LogP contribution in [0.1, 0.15) is 15.9 Å². The van der Waals surface area contributed by atoms with Crippen LogP contribution in [0.2, 0.25) is 0 Å². The van der Waals surface area contributed by atoms with Gasteiger partial charge in [-0.05, 0) is 29.7 Å². The Kier molecular flexibility index (Phi) is 4.46. The monoisotopic (exact) mass is 363 g/mol. The lowest BCUT2D eigenvalue weighted by atomic mass is 10.1. The van der Waals surface area contributed by atoms with E-state index in [1.165, 1.54) is 4.90 Å². The number of hydrogen-bond donors (Lipinski definition) is 1. The largest absolute Gasteiger partial charge is 0.497 e. The molecule has 4 rings (SSSR count). The number of rotatable bonds is 6. The van der Waals surface area contributed by atoms with Crippen LogP contribution in [0.15, 0.2) is 54.6 Å². The van der Waals surface area contributed by atoms with Crippen LogP contribution in [0.25, 0.3) is 10.8 Å². The number of nitrogens with one attached hydrogen (secondary N) is 1. The molecule has 1 aliphatic heterocycles. The standard InChI is InChI=1S/C22H22N2O3/c1-23(13-16-10-11-17(26-2)12-20(16)27-3)14-24-19-9-5-7-15-6-4-8-18(21(15)19)22(24)25/h4-12H,13-14H2,1-3H3/p+1. The van der Waals surface area contributed by atoms with Gasteiger partial charge in [0.05, 0.1) is 32.5 Å². The van der Waals surface area contributed by atoms with Crippen LogP contribution >= 0.6 is 0 Å². The summed E-state index contributed by atoms with van der Waals surface area (Å²) in [5.74, 6) is 1.64. The lowest BCUT2D eigenvalue weighted by Gasteiger charge is -2.23. The molecule has 0 radical (unpaired) electrons. The fraction of sp³-hybridized carbons (Fsp3) is 0.227. The molecule has 0 saturated carbocycles. The molecule has 5 nitrogen and oxygen atoms in total. The van der Waals surface area contributed by atoms with Crippen molar-refractivity contribution in [1.29, 1.82) is 0 Å². The molecule has 1 heterocycles. The number of ether oxygens (including phenoxy) is 2. The minimum absolute atomic E-state index is 0.0721. The molecule has 1 atom stereocenters. The Morgan fingerprint density at radius 1 is 1.00 bits per heavy atom. The zero-order chi connectivity index (χ0) is 19.0. The predicted octanol–water partition coefficient (Wildman–Crippen LogP) is 2.49. The van der Waals surface area contributed by atoms with E-state index in [1.54, 1.807) is 14.2 Å². The van der Waals surface area contributed by atoms with Gasteiger partial charge in [0.2, 0.25) is 0 Å². The van der Waals surface area contributed by atoms with E-state index in [4.69, 9.17) is 9.47 Å². The Bertz CT molecular complexity index is 1010. The van der Waals surface area contributed by atoms with Crippen LogP contribution in [-0.4, -0.2) is 33.8 Å². The SMILES string of the molecule is COc1ccc(C[NH+](C)CN2C(=O)c3cccc4cccc2c34)c(OC)c1. The van der Waals surface area contributed by atoms with E-state index in [0.29, 0.717) is 6.67 Å². The predicted molar refractivity (Wildman–Crippen MR) is 106 cm³/mol. The van der Waals surface area contributed by atoms with Crippen molar-refractivity contribution in [3.05, 3.63) is 65.7 Å². The lowest BCUT2D eigenvalue weighted by molar-refractivity contribution is -0.892. The van der Waals surface area contributed by atoms with Gasteiger partial charge in [0.1, 0.15) is 18.0 Å². The fourth-order valence-electron chi connectivity index (χ4n) is 3.78. The topological polar surface area (TPSA) is 43.2 Å². The molecule has 1 amide bonds. The van der Waals surface area contributed by atoms with Crippen LogP contribution < -0.4 is 19.3 Å². The number of hydrogen-bond acceptors (Lipinski definition) is 3. The molecule has 0 fully saturated rings. The molecule has 0 spiro atoms. The molecule has 0 aliphatic carbocycles. The molecule has 1 aliphatic rings. The minimum atomic E-state index is 0.0721. The number of quaternary nitrogens is 1. The van der Waals surface area contributed by atoms with Gasteiger partial charge >= 0.3 is 0 Å². The molecular weight excluding hydrogens is 340 g/mol. The highest BCUT2D eigenvalue weighted by atomic mass is 16.5. The number of amides is 1. The molecule has 3 aromatic carbocycles. The zero-order valence-corrected chi connectivity index (χ0v) is 15.8. The van der Waals surface area contributed by atoms with E-state index in [0.717, 1.165) is 45.6 Å². The highest BCUT2D eigenvalue weighted by Gasteiger charge is 2.31. The van der Waals surface area contributed by atoms with Crippen molar-refractivity contribution in [3.63, 3.8) is 0 Å². The molecule has 5 heteroatoms. The van der Waals surface area contributed by atoms with E-state index < -0.39 is 0 Å². The number of nitrogens with zero attached hydrogens (tertiary/aromatic N) is 1. The zero-order valence-electron chi connectivity index (χ0n) is 15.8. The molecule has 138 valence electrons. The Hall–Kier alpha value is -3.05. The van der Waals surface area contributed by atoms with Gasteiger partial charge in [-0.15, -0.1) is 0 Å². The Labute approximate surface area is 158 Å². The van der Waals surface area contributed by atoms with E-state index >= 15 is 0 Å². The smallest absolute Gasteiger partial charge is 0.263 e. The summed E-state index contributed by atoms with van der Waals surface area (Å²) in [4.78, 5) is 16.0. The van der Waals surface area contributed by atoms with Gasteiger partial charge in [0, 0.05) is 17.0 Å². The molecule has 1 unspecified atom stereocenters. The summed E-state index contributed by atoms with van der Waals surface area (Å²) in [7, 11) is 5.39. The molecule has 3 aromatic rings. The maximum atomic E-state index is 12.9. The van der Waals surface area contributed by atoms with Crippen LogP contribution in [0.3, 0.4) is 0 Å². The van der Waals surface area contributed by atoms with Crippen LogP contribution in [0.4, 0.5) is 5.69 Å². The average molecular weight is 363 g/mol. The fourth-order valence-corrected chi connectivity index (χ4v) is 3.78. The summed E-state index contributed by atoms with van der Waals surface area (Å²) in [5.41, 5.74) is 2.87. The summed E-state index contributed by atoms with van der Waals surface area (Å²) in [6, 6.07) is 17.8. The third-order valence-corrected chi connectivity index (χ3v) is 5.06. The normalized spacial score (nSPS) is 13.9. The van der Waals surface area contributed by atoms with Gasteiger partial charge in [-0.25, -0.2) is 0 Å². The quantitative estimate of drug-likeness (QED) is 0.732. The van der Waals surface area contributed by atoms with Crippen molar-refractivity contribution in [2.45, 2.75) is 6.54 Å². The number of carbonyl (C=O) groups is 1. The third-order valence-electron chi connectivity index (χ3n) is 5.06. The first-order chi connectivity index (χ1) is 13.1. The number of benzene rings is 3. The lowest BCUT2D eigenvalue weighted by Crippen LogP contribution is -3.09. The average Bonchev–Trinajstić information content (AvgIpc) is 2.96. The maximum absolute atomic E-state index is 12.9. The van der Waals surface area contributed by atoms with E-state index in [9.17, 15) is 4.79 Å². The van der Waals surface area contributed by atoms with Gasteiger partial charge in [0.15, 0.2) is 6.67 Å². The van der Waals surface area contributed by atoms with Crippen molar-refractivity contribution in [2.75, 3.05) is 32.8 Å². The number of methoxy groups -OCH3 is 2. The second-order valence-corrected chi connectivity index (χ2v) is 6.88. The van der Waals surface area contributed by atoms with E-state index in [1.807, 2.05) is 47.4 Å². The maximum Gasteiger partial charge on any atom is 0.263 e.